The van der Waals surface area contributed by atoms with Crippen LogP contribution in [-0.2, 0) is 0 Å². The summed E-state index contributed by atoms with van der Waals surface area (Å²) in [6.45, 7) is 7.95. The van der Waals surface area contributed by atoms with E-state index in [1.54, 1.807) is 19.1 Å². The van der Waals surface area contributed by atoms with E-state index in [0.717, 1.165) is 45.6 Å². The Bertz CT molecular complexity index is 499. The van der Waals surface area contributed by atoms with Gasteiger partial charge in [-0.2, -0.15) is 0 Å². The van der Waals surface area contributed by atoms with Gasteiger partial charge in [-0.1, -0.05) is 6.07 Å². The molecule has 2 rings (SSSR count). The molecule has 0 spiro atoms. The first-order chi connectivity index (χ1) is 10.6. The molecule has 0 radical (unpaired) electrons. The van der Waals surface area contributed by atoms with Crippen LogP contribution in [0.3, 0.4) is 0 Å². The van der Waals surface area contributed by atoms with Gasteiger partial charge in [-0.15, -0.1) is 0 Å². The fraction of sp³-hybridized carbons (Fsp3) is 0.588. The number of rotatable bonds is 6. The van der Waals surface area contributed by atoms with E-state index in [1.165, 1.54) is 6.07 Å². The molecular formula is C17H26FN3O. The molecule has 1 aliphatic heterocycles. The zero-order chi connectivity index (χ0) is 15.9. The standard InChI is InChI=1S/C17H26FN3O/c1-14-5-6-15(13-16(14)18)17(22)19-7-3-4-8-21-11-9-20(2)10-12-21/h5-6,13H,3-4,7-12H2,1-2H3,(H,19,22). The second-order valence-corrected chi connectivity index (χ2v) is 6.07. The van der Waals surface area contributed by atoms with E-state index in [2.05, 4.69) is 22.2 Å². The number of carbonyl (C=O) groups is 1. The first kappa shape index (κ1) is 16.9. The fourth-order valence-electron chi connectivity index (χ4n) is 2.57. The molecule has 1 heterocycles. The van der Waals surface area contributed by atoms with Gasteiger partial charge in [0, 0.05) is 38.3 Å². The highest BCUT2D eigenvalue weighted by Gasteiger charge is 2.13. The Morgan fingerprint density at radius 1 is 1.23 bits per heavy atom. The molecule has 122 valence electrons. The van der Waals surface area contributed by atoms with Crippen molar-refractivity contribution in [3.8, 4) is 0 Å². The fourth-order valence-corrected chi connectivity index (χ4v) is 2.57. The number of piperazine rings is 1. The van der Waals surface area contributed by atoms with Gasteiger partial charge in [0.25, 0.3) is 5.91 Å². The number of nitrogens with zero attached hydrogens (tertiary/aromatic N) is 2. The summed E-state index contributed by atoms with van der Waals surface area (Å²) in [4.78, 5) is 16.7. The third kappa shape index (κ3) is 5.07. The van der Waals surface area contributed by atoms with Gasteiger partial charge in [-0.25, -0.2) is 4.39 Å². The summed E-state index contributed by atoms with van der Waals surface area (Å²) in [5.74, 6) is -0.527. The van der Waals surface area contributed by atoms with Crippen molar-refractivity contribution in [1.82, 2.24) is 15.1 Å². The van der Waals surface area contributed by atoms with Gasteiger partial charge < -0.3 is 15.1 Å². The second kappa shape index (κ2) is 8.25. The van der Waals surface area contributed by atoms with E-state index < -0.39 is 0 Å². The van der Waals surface area contributed by atoms with Crippen LogP contribution in [0.15, 0.2) is 18.2 Å². The van der Waals surface area contributed by atoms with Crippen molar-refractivity contribution in [3.63, 3.8) is 0 Å². The van der Waals surface area contributed by atoms with Gasteiger partial charge in [-0.05, 0) is 51.1 Å². The van der Waals surface area contributed by atoms with Crippen molar-refractivity contribution >= 4 is 5.91 Å². The quantitative estimate of drug-likeness (QED) is 0.815. The highest BCUT2D eigenvalue weighted by atomic mass is 19.1. The van der Waals surface area contributed by atoms with Crippen molar-refractivity contribution in [2.75, 3.05) is 46.3 Å². The molecule has 1 aromatic rings. The molecule has 0 atom stereocenters. The first-order valence-corrected chi connectivity index (χ1v) is 8.01. The molecule has 22 heavy (non-hydrogen) atoms. The van der Waals surface area contributed by atoms with Crippen LogP contribution in [0.4, 0.5) is 4.39 Å². The Morgan fingerprint density at radius 2 is 1.95 bits per heavy atom. The molecule has 0 aromatic heterocycles. The van der Waals surface area contributed by atoms with Crippen LogP contribution >= 0.6 is 0 Å². The molecule has 4 nitrogen and oxygen atoms in total. The topological polar surface area (TPSA) is 35.6 Å². The minimum Gasteiger partial charge on any atom is -0.352 e. The number of hydrogen-bond acceptors (Lipinski definition) is 3. The van der Waals surface area contributed by atoms with Gasteiger partial charge in [-0.3, -0.25) is 4.79 Å². The van der Waals surface area contributed by atoms with Crippen LogP contribution in [0.2, 0.25) is 0 Å². The van der Waals surface area contributed by atoms with E-state index in [0.29, 0.717) is 17.7 Å². The lowest BCUT2D eigenvalue weighted by atomic mass is 10.1. The minimum absolute atomic E-state index is 0.196. The molecule has 5 heteroatoms. The lowest BCUT2D eigenvalue weighted by Gasteiger charge is -2.32. The summed E-state index contributed by atoms with van der Waals surface area (Å²) in [6, 6.07) is 4.60. The molecular weight excluding hydrogens is 281 g/mol. The van der Waals surface area contributed by atoms with Gasteiger partial charge in [0.2, 0.25) is 0 Å². The van der Waals surface area contributed by atoms with E-state index in [4.69, 9.17) is 0 Å². The van der Waals surface area contributed by atoms with Crippen LogP contribution < -0.4 is 5.32 Å². The smallest absolute Gasteiger partial charge is 0.251 e. The van der Waals surface area contributed by atoms with E-state index in [1.807, 2.05) is 0 Å². The SMILES string of the molecule is Cc1ccc(C(=O)NCCCCN2CCN(C)CC2)cc1F. The Labute approximate surface area is 132 Å². The highest BCUT2D eigenvalue weighted by molar-refractivity contribution is 5.94. The maximum Gasteiger partial charge on any atom is 0.251 e. The molecule has 1 N–H and O–H groups in total. The Morgan fingerprint density at radius 3 is 2.64 bits per heavy atom. The van der Waals surface area contributed by atoms with E-state index in [9.17, 15) is 9.18 Å². The Hall–Kier alpha value is -1.46. The summed E-state index contributed by atoms with van der Waals surface area (Å²) < 4.78 is 13.4. The number of nitrogens with one attached hydrogen (secondary N) is 1. The Kier molecular flexibility index (Phi) is 6.34. The molecule has 1 amide bonds. The maximum atomic E-state index is 13.4. The van der Waals surface area contributed by atoms with Crippen molar-refractivity contribution in [2.24, 2.45) is 0 Å². The third-order valence-corrected chi connectivity index (χ3v) is 4.22. The number of benzene rings is 1. The molecule has 1 fully saturated rings. The van der Waals surface area contributed by atoms with Crippen LogP contribution in [0.25, 0.3) is 0 Å². The third-order valence-electron chi connectivity index (χ3n) is 4.22. The summed E-state index contributed by atoms with van der Waals surface area (Å²) in [5.41, 5.74) is 0.950. The average molecular weight is 307 g/mol. The molecule has 0 aliphatic carbocycles. The maximum absolute atomic E-state index is 13.4. The number of carbonyl (C=O) groups excluding carboxylic acids is 1. The van der Waals surface area contributed by atoms with E-state index in [-0.39, 0.29) is 11.7 Å². The lowest BCUT2D eigenvalue weighted by Crippen LogP contribution is -2.44. The minimum atomic E-state index is -0.331. The number of amides is 1. The van der Waals surface area contributed by atoms with Crippen LogP contribution in [0.1, 0.15) is 28.8 Å². The summed E-state index contributed by atoms with van der Waals surface area (Å²) in [7, 11) is 2.15. The number of likely N-dealkylation sites (N-methyl/N-ethyl adjacent to an activating group) is 1. The monoisotopic (exact) mass is 307 g/mol. The molecule has 1 aliphatic rings. The molecule has 0 bridgehead atoms. The van der Waals surface area contributed by atoms with E-state index >= 15 is 0 Å². The first-order valence-electron chi connectivity index (χ1n) is 8.01. The van der Waals surface area contributed by atoms with Crippen LogP contribution in [-0.4, -0.2) is 62.0 Å². The second-order valence-electron chi connectivity index (χ2n) is 6.07. The zero-order valence-electron chi connectivity index (χ0n) is 13.6. The molecule has 0 unspecified atom stereocenters. The predicted octanol–water partition coefficient (Wildman–Crippen LogP) is 1.89. The van der Waals surface area contributed by atoms with Crippen molar-refractivity contribution in [1.29, 1.82) is 0 Å². The number of halogens is 1. The van der Waals surface area contributed by atoms with Gasteiger partial charge in [0.1, 0.15) is 5.82 Å². The summed E-state index contributed by atoms with van der Waals surface area (Å²) in [6.07, 6.45) is 2.03. The molecule has 0 saturated carbocycles. The van der Waals surface area contributed by atoms with Gasteiger partial charge in [0.15, 0.2) is 0 Å². The predicted molar refractivity (Wildman–Crippen MR) is 86.6 cm³/mol. The lowest BCUT2D eigenvalue weighted by molar-refractivity contribution is 0.0951. The summed E-state index contributed by atoms with van der Waals surface area (Å²) in [5, 5.41) is 2.86. The average Bonchev–Trinajstić information content (AvgIpc) is 2.51. The highest BCUT2D eigenvalue weighted by Crippen LogP contribution is 2.09. The largest absolute Gasteiger partial charge is 0.352 e. The van der Waals surface area contributed by atoms with Crippen molar-refractivity contribution in [2.45, 2.75) is 19.8 Å². The molecule has 1 saturated heterocycles. The van der Waals surface area contributed by atoms with Crippen molar-refractivity contribution in [3.05, 3.63) is 35.1 Å². The summed E-state index contributed by atoms with van der Waals surface area (Å²) >= 11 is 0. The van der Waals surface area contributed by atoms with Gasteiger partial charge in [0.05, 0.1) is 0 Å². The van der Waals surface area contributed by atoms with Crippen LogP contribution in [0.5, 0.6) is 0 Å². The number of hydrogen-bond donors (Lipinski definition) is 1. The van der Waals surface area contributed by atoms with Crippen molar-refractivity contribution < 1.29 is 9.18 Å². The molecule has 1 aromatic carbocycles. The number of unbranched alkanes of at least 4 members (excludes halogenated alkanes) is 1. The van der Waals surface area contributed by atoms with Crippen LogP contribution in [0, 0.1) is 12.7 Å². The number of aryl methyl sites for hydroxylation is 1. The zero-order valence-corrected chi connectivity index (χ0v) is 13.6. The Balaban J connectivity index is 1.62. The van der Waals surface area contributed by atoms with Gasteiger partial charge >= 0.3 is 0 Å². The normalized spacial score (nSPS) is 16.7.